The molecule has 0 aliphatic carbocycles. The summed E-state index contributed by atoms with van der Waals surface area (Å²) in [7, 11) is 0. The Morgan fingerprint density at radius 3 is 2.83 bits per heavy atom. The maximum Gasteiger partial charge on any atom is 0.248 e. The first-order valence-corrected chi connectivity index (χ1v) is 3.96. The van der Waals surface area contributed by atoms with Crippen LogP contribution in [0.25, 0.3) is 0 Å². The topological polar surface area (TPSA) is 56.8 Å². The minimum absolute atomic E-state index is 0.194. The van der Waals surface area contributed by atoms with Crippen molar-refractivity contribution in [2.75, 3.05) is 19.8 Å². The first-order valence-electron chi connectivity index (χ1n) is 3.96. The van der Waals surface area contributed by atoms with E-state index in [2.05, 4.69) is 5.48 Å². The van der Waals surface area contributed by atoms with Gasteiger partial charge in [-0.05, 0) is 6.92 Å². The predicted octanol–water partition coefficient (Wildman–Crippen LogP) is -0.183. The van der Waals surface area contributed by atoms with Crippen LogP contribution >= 0.6 is 0 Å². The van der Waals surface area contributed by atoms with E-state index in [0.717, 1.165) is 0 Å². The first-order chi connectivity index (χ1) is 5.83. The number of hydrogen-bond donors (Lipinski definition) is 1. The van der Waals surface area contributed by atoms with Crippen LogP contribution in [0.3, 0.4) is 0 Å². The van der Waals surface area contributed by atoms with E-state index < -0.39 is 6.29 Å². The molecule has 0 aromatic carbocycles. The third-order valence-corrected chi connectivity index (χ3v) is 1.37. The molecule has 0 bridgehead atoms. The van der Waals surface area contributed by atoms with Gasteiger partial charge in [0.05, 0.1) is 26.2 Å². The van der Waals surface area contributed by atoms with Gasteiger partial charge in [0.2, 0.25) is 5.91 Å². The summed E-state index contributed by atoms with van der Waals surface area (Å²) in [6.07, 6.45) is -0.203. The van der Waals surface area contributed by atoms with Gasteiger partial charge >= 0.3 is 0 Å². The maximum atomic E-state index is 11.0. The van der Waals surface area contributed by atoms with E-state index in [-0.39, 0.29) is 12.3 Å². The number of amides is 1. The van der Waals surface area contributed by atoms with Crippen molar-refractivity contribution in [3.8, 4) is 0 Å². The number of hydrogen-bond acceptors (Lipinski definition) is 4. The van der Waals surface area contributed by atoms with Gasteiger partial charge in [0.15, 0.2) is 6.29 Å². The van der Waals surface area contributed by atoms with Crippen molar-refractivity contribution in [1.29, 1.82) is 0 Å². The minimum atomic E-state index is -0.398. The number of nitrogens with one attached hydrogen (secondary N) is 1. The fourth-order valence-electron chi connectivity index (χ4n) is 0.871. The normalized spacial score (nSPS) is 18.1. The van der Waals surface area contributed by atoms with E-state index in [0.29, 0.717) is 19.8 Å². The van der Waals surface area contributed by atoms with Gasteiger partial charge < -0.3 is 9.47 Å². The molecule has 5 nitrogen and oxygen atoms in total. The lowest BCUT2D eigenvalue weighted by molar-refractivity contribution is -0.141. The average Bonchev–Trinajstić information content (AvgIpc) is 2.53. The number of hydroxylamine groups is 1. The Kier molecular flexibility index (Phi) is 3.99. The molecule has 1 aliphatic heterocycles. The van der Waals surface area contributed by atoms with Crippen LogP contribution in [0.15, 0.2) is 0 Å². The highest BCUT2D eigenvalue weighted by Crippen LogP contribution is 2.06. The van der Waals surface area contributed by atoms with Gasteiger partial charge in [0, 0.05) is 0 Å². The minimum Gasteiger partial charge on any atom is -0.350 e. The molecule has 0 spiro atoms. The summed E-state index contributed by atoms with van der Waals surface area (Å²) >= 11 is 0. The zero-order valence-electron chi connectivity index (χ0n) is 7.04. The molecule has 1 aliphatic rings. The van der Waals surface area contributed by atoms with Gasteiger partial charge in [0.1, 0.15) is 0 Å². The molecule has 1 N–H and O–H groups in total. The van der Waals surface area contributed by atoms with Crippen molar-refractivity contribution in [3.63, 3.8) is 0 Å². The van der Waals surface area contributed by atoms with Crippen LogP contribution in [-0.4, -0.2) is 32.0 Å². The third kappa shape index (κ3) is 3.17. The third-order valence-electron chi connectivity index (χ3n) is 1.37. The summed E-state index contributed by atoms with van der Waals surface area (Å²) in [5.74, 6) is -0.219. The molecular weight excluding hydrogens is 162 g/mol. The van der Waals surface area contributed by atoms with Crippen molar-refractivity contribution in [2.45, 2.75) is 19.6 Å². The molecule has 0 atom stereocenters. The summed E-state index contributed by atoms with van der Waals surface area (Å²) in [6.45, 7) is 3.38. The number of carbonyl (C=O) groups is 1. The summed E-state index contributed by atoms with van der Waals surface area (Å²) in [6, 6.07) is 0. The number of rotatable bonds is 4. The van der Waals surface area contributed by atoms with Crippen LogP contribution in [0.2, 0.25) is 0 Å². The molecule has 0 unspecified atom stereocenters. The van der Waals surface area contributed by atoms with E-state index in [4.69, 9.17) is 14.3 Å². The predicted molar refractivity (Wildman–Crippen MR) is 40.1 cm³/mol. The van der Waals surface area contributed by atoms with Crippen molar-refractivity contribution in [3.05, 3.63) is 0 Å². The molecule has 1 amide bonds. The highest BCUT2D eigenvalue weighted by atomic mass is 16.7. The molecule has 5 heteroatoms. The van der Waals surface area contributed by atoms with Crippen molar-refractivity contribution < 1.29 is 19.1 Å². The first kappa shape index (κ1) is 9.44. The van der Waals surface area contributed by atoms with Crippen LogP contribution in [-0.2, 0) is 19.1 Å². The van der Waals surface area contributed by atoms with Crippen molar-refractivity contribution >= 4 is 5.91 Å². The summed E-state index contributed by atoms with van der Waals surface area (Å²) in [5, 5.41) is 0. The summed E-state index contributed by atoms with van der Waals surface area (Å²) in [5.41, 5.74) is 2.26. The van der Waals surface area contributed by atoms with E-state index in [1.54, 1.807) is 6.92 Å². The summed E-state index contributed by atoms with van der Waals surface area (Å²) < 4.78 is 10.1. The second kappa shape index (κ2) is 5.08. The van der Waals surface area contributed by atoms with E-state index in [9.17, 15) is 4.79 Å². The SMILES string of the molecule is CCONC(=O)CC1OCCO1. The molecular formula is C7H13NO4. The van der Waals surface area contributed by atoms with E-state index in [1.807, 2.05) is 0 Å². The molecule has 0 aromatic rings. The molecule has 0 saturated carbocycles. The van der Waals surface area contributed by atoms with Crippen LogP contribution in [0.1, 0.15) is 13.3 Å². The highest BCUT2D eigenvalue weighted by molar-refractivity contribution is 5.75. The zero-order valence-corrected chi connectivity index (χ0v) is 7.04. The van der Waals surface area contributed by atoms with Crippen LogP contribution in [0, 0.1) is 0 Å². The van der Waals surface area contributed by atoms with Crippen LogP contribution < -0.4 is 5.48 Å². The van der Waals surface area contributed by atoms with E-state index in [1.165, 1.54) is 0 Å². The Labute approximate surface area is 70.9 Å². The van der Waals surface area contributed by atoms with Gasteiger partial charge in [-0.15, -0.1) is 0 Å². The standard InChI is InChI=1S/C7H13NO4/c1-2-12-8-6(9)5-7-10-3-4-11-7/h7H,2-5H2,1H3,(H,8,9). The Morgan fingerprint density at radius 2 is 2.25 bits per heavy atom. The average molecular weight is 175 g/mol. The number of carbonyl (C=O) groups excluding carboxylic acids is 1. The van der Waals surface area contributed by atoms with Crippen LogP contribution in [0.5, 0.6) is 0 Å². The molecule has 70 valence electrons. The quantitative estimate of drug-likeness (QED) is 0.602. The van der Waals surface area contributed by atoms with Crippen molar-refractivity contribution in [1.82, 2.24) is 5.48 Å². The van der Waals surface area contributed by atoms with E-state index >= 15 is 0 Å². The van der Waals surface area contributed by atoms with Gasteiger partial charge in [0.25, 0.3) is 0 Å². The van der Waals surface area contributed by atoms with Gasteiger partial charge in [-0.2, -0.15) is 0 Å². The molecule has 1 fully saturated rings. The molecule has 0 aromatic heterocycles. The Balaban J connectivity index is 2.08. The molecule has 12 heavy (non-hydrogen) atoms. The zero-order chi connectivity index (χ0) is 8.81. The second-order valence-corrected chi connectivity index (χ2v) is 2.33. The van der Waals surface area contributed by atoms with Crippen molar-refractivity contribution in [2.24, 2.45) is 0 Å². The fourth-order valence-corrected chi connectivity index (χ4v) is 0.871. The van der Waals surface area contributed by atoms with Gasteiger partial charge in [-0.3, -0.25) is 9.63 Å². The lowest BCUT2D eigenvalue weighted by Gasteiger charge is -2.08. The Bertz CT molecular complexity index is 144. The smallest absolute Gasteiger partial charge is 0.248 e. The highest BCUT2D eigenvalue weighted by Gasteiger charge is 2.19. The molecule has 0 radical (unpaired) electrons. The van der Waals surface area contributed by atoms with Gasteiger partial charge in [-0.25, -0.2) is 5.48 Å². The molecule has 1 rings (SSSR count). The fraction of sp³-hybridized carbons (Fsp3) is 0.857. The molecule has 1 heterocycles. The maximum absolute atomic E-state index is 11.0. The lowest BCUT2D eigenvalue weighted by Crippen LogP contribution is -2.27. The summed E-state index contributed by atoms with van der Waals surface area (Å²) in [4.78, 5) is 15.7. The monoisotopic (exact) mass is 175 g/mol. The Morgan fingerprint density at radius 1 is 1.58 bits per heavy atom. The largest absolute Gasteiger partial charge is 0.350 e. The Hall–Kier alpha value is -0.650. The molecule has 1 saturated heterocycles. The van der Waals surface area contributed by atoms with Crippen LogP contribution in [0.4, 0.5) is 0 Å². The number of ether oxygens (including phenoxy) is 2. The lowest BCUT2D eigenvalue weighted by atomic mass is 10.4. The van der Waals surface area contributed by atoms with Gasteiger partial charge in [-0.1, -0.05) is 0 Å². The second-order valence-electron chi connectivity index (χ2n) is 2.33.